The Balaban J connectivity index is 1.17. The molecular weight excluding hydrogens is 668 g/mol. The van der Waals surface area contributed by atoms with E-state index >= 15 is 0 Å². The van der Waals surface area contributed by atoms with Crippen molar-refractivity contribution in [2.45, 2.75) is 18.6 Å². The van der Waals surface area contributed by atoms with Gasteiger partial charge in [-0.15, -0.1) is 12.8 Å². The predicted octanol–water partition coefficient (Wildman–Crippen LogP) is 6.74. The average Bonchev–Trinajstić information content (AvgIpc) is 3.21. The van der Waals surface area contributed by atoms with E-state index in [1.165, 1.54) is 0 Å². The molecule has 264 valence electrons. The second-order valence-corrected chi connectivity index (χ2v) is 12.3. The number of benzene rings is 6. The summed E-state index contributed by atoms with van der Waals surface area (Å²) in [6.45, 7) is -0.801. The summed E-state index contributed by atoms with van der Waals surface area (Å²) in [7, 11) is 0. The van der Waals surface area contributed by atoms with Crippen LogP contribution in [0.15, 0.2) is 121 Å². The summed E-state index contributed by atoms with van der Waals surface area (Å²) in [5, 5.41) is 25.4. The number of terminal acetylenes is 2. The third-order valence-electron chi connectivity index (χ3n) is 8.60. The van der Waals surface area contributed by atoms with Gasteiger partial charge in [-0.3, -0.25) is 0 Å². The molecular formula is C45H36O8. The first-order valence-corrected chi connectivity index (χ1v) is 16.9. The first-order valence-electron chi connectivity index (χ1n) is 16.9. The minimum Gasteiger partial charge on any atom is -0.490 e. The normalized spacial score (nSPS) is 11.9. The maximum absolute atomic E-state index is 12.5. The Kier molecular flexibility index (Phi) is 11.7. The highest BCUT2D eigenvalue weighted by Gasteiger charge is 2.19. The number of esters is 2. The molecule has 0 bridgehead atoms. The third-order valence-corrected chi connectivity index (χ3v) is 8.60. The van der Waals surface area contributed by atoms with Gasteiger partial charge in [0.05, 0.1) is 11.1 Å². The molecule has 8 heteroatoms. The molecule has 53 heavy (non-hydrogen) atoms. The van der Waals surface area contributed by atoms with Crippen LogP contribution in [0, 0.1) is 24.7 Å². The van der Waals surface area contributed by atoms with Crippen LogP contribution in [0.2, 0.25) is 0 Å². The number of fused-ring (bicyclic) bond motifs is 2. The molecule has 0 saturated heterocycles. The molecule has 2 atom stereocenters. The van der Waals surface area contributed by atoms with Crippen molar-refractivity contribution in [3.05, 3.63) is 155 Å². The molecule has 8 nitrogen and oxygen atoms in total. The molecule has 0 spiro atoms. The predicted molar refractivity (Wildman–Crippen MR) is 203 cm³/mol. The van der Waals surface area contributed by atoms with Crippen molar-refractivity contribution in [3.63, 3.8) is 0 Å². The Labute approximate surface area is 307 Å². The quantitative estimate of drug-likeness (QED) is 0.0948. The van der Waals surface area contributed by atoms with Gasteiger partial charge in [0.2, 0.25) is 0 Å². The van der Waals surface area contributed by atoms with Crippen LogP contribution in [0.25, 0.3) is 21.5 Å². The van der Waals surface area contributed by atoms with E-state index in [2.05, 4.69) is 11.8 Å². The topological polar surface area (TPSA) is 112 Å². The first kappa shape index (κ1) is 36.2. The smallest absolute Gasteiger partial charge is 0.338 e. The standard InChI is InChI=1S/C45H36O8/c1-3-30-13-17-34(18-14-30)44(48)52-28-36(46)26-50-42-23-21-32-9-5-7-11-38(32)40(42)25-41-39-12-8-6-10-33(39)22-24-43(41)51-27-37(47)29-53-45(49)35-19-15-31(4-2)16-20-35/h1-2,5-24,36-37,46-47H,25-29H2. The van der Waals surface area contributed by atoms with Gasteiger partial charge < -0.3 is 29.2 Å². The van der Waals surface area contributed by atoms with Gasteiger partial charge >= 0.3 is 11.9 Å². The molecule has 6 aromatic carbocycles. The highest BCUT2D eigenvalue weighted by molar-refractivity contribution is 5.92. The lowest BCUT2D eigenvalue weighted by molar-refractivity contribution is 0.0128. The lowest BCUT2D eigenvalue weighted by Gasteiger charge is -2.20. The van der Waals surface area contributed by atoms with Crippen molar-refractivity contribution in [1.29, 1.82) is 0 Å². The van der Waals surface area contributed by atoms with Crippen molar-refractivity contribution in [3.8, 4) is 36.2 Å². The number of rotatable bonds is 14. The highest BCUT2D eigenvalue weighted by atomic mass is 16.6. The van der Waals surface area contributed by atoms with Gasteiger partial charge in [-0.05, 0) is 82.2 Å². The molecule has 6 rings (SSSR count). The van der Waals surface area contributed by atoms with Crippen LogP contribution in [-0.4, -0.2) is 60.8 Å². The lowest BCUT2D eigenvalue weighted by atomic mass is 9.93. The van der Waals surface area contributed by atoms with Gasteiger partial charge in [-0.25, -0.2) is 9.59 Å². The van der Waals surface area contributed by atoms with E-state index < -0.39 is 24.1 Å². The highest BCUT2D eigenvalue weighted by Crippen LogP contribution is 2.36. The summed E-state index contributed by atoms with van der Waals surface area (Å²) in [5.41, 5.74) is 3.64. The number of ether oxygens (including phenoxy) is 4. The van der Waals surface area contributed by atoms with Crippen molar-refractivity contribution in [2.75, 3.05) is 26.4 Å². The molecule has 0 aliphatic carbocycles. The number of carbonyl (C=O) groups is 2. The van der Waals surface area contributed by atoms with E-state index in [9.17, 15) is 19.8 Å². The maximum atomic E-state index is 12.5. The molecule has 0 fully saturated rings. The zero-order valence-electron chi connectivity index (χ0n) is 28.7. The molecule has 0 aliphatic rings. The second kappa shape index (κ2) is 17.1. The SMILES string of the molecule is C#Cc1ccc(C(=O)OCC(O)COc2ccc3ccccc3c2Cc2c(OCC(O)COC(=O)c3ccc(C#C)cc3)ccc3ccccc23)cc1. The summed E-state index contributed by atoms with van der Waals surface area (Å²) in [6, 6.07) is 36.3. The van der Waals surface area contributed by atoms with E-state index in [1.54, 1.807) is 48.5 Å². The van der Waals surface area contributed by atoms with Gasteiger partial charge in [0.1, 0.15) is 50.1 Å². The van der Waals surface area contributed by atoms with Crippen LogP contribution < -0.4 is 9.47 Å². The second-order valence-electron chi connectivity index (χ2n) is 12.3. The molecule has 0 amide bonds. The Morgan fingerprint density at radius 2 is 0.925 bits per heavy atom. The third kappa shape index (κ3) is 9.02. The minimum absolute atomic E-state index is 0.132. The van der Waals surface area contributed by atoms with Crippen LogP contribution >= 0.6 is 0 Å². The van der Waals surface area contributed by atoms with Crippen LogP contribution in [0.4, 0.5) is 0 Å². The van der Waals surface area contributed by atoms with Crippen molar-refractivity contribution < 1.29 is 38.7 Å². The summed E-state index contributed by atoms with van der Waals surface area (Å²) < 4.78 is 23.1. The molecule has 0 radical (unpaired) electrons. The van der Waals surface area contributed by atoms with E-state index in [0.717, 1.165) is 32.7 Å². The Morgan fingerprint density at radius 1 is 0.528 bits per heavy atom. The Morgan fingerprint density at radius 3 is 1.32 bits per heavy atom. The molecule has 2 N–H and O–H groups in total. The average molecular weight is 705 g/mol. The fraction of sp³-hybridized carbons (Fsp3) is 0.156. The number of hydrogen-bond acceptors (Lipinski definition) is 8. The first-order chi connectivity index (χ1) is 25.8. The Hall–Kier alpha value is -6.58. The van der Waals surface area contributed by atoms with E-state index in [4.69, 9.17) is 31.8 Å². The molecule has 0 aromatic heterocycles. The van der Waals surface area contributed by atoms with Gasteiger partial charge in [0, 0.05) is 28.7 Å². The van der Waals surface area contributed by atoms with Crippen LogP contribution in [0.5, 0.6) is 11.5 Å². The summed E-state index contributed by atoms with van der Waals surface area (Å²) >= 11 is 0. The molecule has 0 heterocycles. The van der Waals surface area contributed by atoms with Gasteiger partial charge in [-0.1, -0.05) is 72.5 Å². The summed E-state index contributed by atoms with van der Waals surface area (Å²) in [5.74, 6) is 4.92. The molecule has 0 aliphatic heterocycles. The Bertz CT molecular complexity index is 2150. The summed E-state index contributed by atoms with van der Waals surface area (Å²) in [6.07, 6.45) is 8.96. The zero-order chi connectivity index (χ0) is 37.2. The van der Waals surface area contributed by atoms with Crippen molar-refractivity contribution >= 4 is 33.5 Å². The number of hydrogen-bond donors (Lipinski definition) is 2. The van der Waals surface area contributed by atoms with Gasteiger partial charge in [0.15, 0.2) is 0 Å². The van der Waals surface area contributed by atoms with Crippen LogP contribution in [0.1, 0.15) is 43.0 Å². The lowest BCUT2D eigenvalue weighted by Crippen LogP contribution is -2.25. The number of aliphatic hydroxyl groups excluding tert-OH is 2. The van der Waals surface area contributed by atoms with Crippen molar-refractivity contribution in [2.24, 2.45) is 0 Å². The fourth-order valence-electron chi connectivity index (χ4n) is 5.83. The molecule has 2 unspecified atom stereocenters. The minimum atomic E-state index is -1.10. The maximum Gasteiger partial charge on any atom is 0.338 e. The van der Waals surface area contributed by atoms with E-state index in [1.807, 2.05) is 72.8 Å². The van der Waals surface area contributed by atoms with Gasteiger partial charge in [0.25, 0.3) is 0 Å². The molecule has 0 saturated carbocycles. The zero-order valence-corrected chi connectivity index (χ0v) is 28.7. The molecule has 6 aromatic rings. The van der Waals surface area contributed by atoms with Crippen LogP contribution in [0.3, 0.4) is 0 Å². The largest absolute Gasteiger partial charge is 0.490 e. The number of aliphatic hydroxyl groups is 2. The summed E-state index contributed by atoms with van der Waals surface area (Å²) in [4.78, 5) is 25.1. The van der Waals surface area contributed by atoms with E-state index in [-0.39, 0.29) is 26.4 Å². The van der Waals surface area contributed by atoms with Crippen LogP contribution in [-0.2, 0) is 15.9 Å². The van der Waals surface area contributed by atoms with E-state index in [0.29, 0.717) is 40.2 Å². The van der Waals surface area contributed by atoms with Crippen molar-refractivity contribution in [1.82, 2.24) is 0 Å². The van der Waals surface area contributed by atoms with Gasteiger partial charge in [-0.2, -0.15) is 0 Å². The fourth-order valence-corrected chi connectivity index (χ4v) is 5.83. The monoisotopic (exact) mass is 704 g/mol. The number of carbonyl (C=O) groups excluding carboxylic acids is 2.